The van der Waals surface area contributed by atoms with Crippen molar-refractivity contribution in [3.8, 4) is 11.5 Å². The van der Waals surface area contributed by atoms with Crippen LogP contribution in [0.2, 0.25) is 0 Å². The highest BCUT2D eigenvalue weighted by Gasteiger charge is 2.37. The lowest BCUT2D eigenvalue weighted by atomic mass is 10.00. The lowest BCUT2D eigenvalue weighted by Gasteiger charge is -2.37. The van der Waals surface area contributed by atoms with E-state index in [-0.39, 0.29) is 10.5 Å². The molecule has 1 aliphatic carbocycles. The van der Waals surface area contributed by atoms with Crippen LogP contribution < -0.4 is 19.6 Å². The molecule has 5 rings (SSSR count). The van der Waals surface area contributed by atoms with Gasteiger partial charge in [-0.2, -0.15) is 0 Å². The van der Waals surface area contributed by atoms with Crippen molar-refractivity contribution in [2.24, 2.45) is 9.98 Å². The number of nitrogens with zero attached hydrogens (tertiary/aromatic N) is 3. The molecule has 0 saturated heterocycles. The zero-order valence-corrected chi connectivity index (χ0v) is 18.1. The topological polar surface area (TPSA) is 135 Å². The molecule has 172 valence electrons. The predicted octanol–water partition coefficient (Wildman–Crippen LogP) is 1.17. The van der Waals surface area contributed by atoms with E-state index in [9.17, 15) is 10.4 Å². The first-order chi connectivity index (χ1) is 15.6. The summed E-state index contributed by atoms with van der Waals surface area (Å²) in [6.45, 7) is 0.882. The second-order valence-corrected chi connectivity index (χ2v) is 7.41. The summed E-state index contributed by atoms with van der Waals surface area (Å²) in [7, 11) is 3.19. The third-order valence-corrected chi connectivity index (χ3v) is 5.50. The van der Waals surface area contributed by atoms with E-state index in [2.05, 4.69) is 4.99 Å². The van der Waals surface area contributed by atoms with E-state index < -0.39 is 6.04 Å². The number of hydroxylamine groups is 2. The average Bonchev–Trinajstić information content (AvgIpc) is 3.25. The summed E-state index contributed by atoms with van der Waals surface area (Å²) in [5.41, 5.74) is 3.14. The highest BCUT2D eigenvalue weighted by Crippen LogP contribution is 2.35. The number of para-hydroxylation sites is 2. The molecule has 0 bridgehead atoms. The molecule has 2 unspecified atom stereocenters. The van der Waals surface area contributed by atoms with E-state index in [0.29, 0.717) is 59.0 Å². The van der Waals surface area contributed by atoms with Gasteiger partial charge in [0.05, 0.1) is 19.4 Å². The average molecular weight is 452 g/mol. The highest BCUT2D eigenvalue weighted by molar-refractivity contribution is 6.18. The molecule has 10 heteroatoms. The van der Waals surface area contributed by atoms with Crippen LogP contribution in [-0.2, 0) is 4.74 Å². The predicted molar refractivity (Wildman–Crippen MR) is 123 cm³/mol. The Balaban J connectivity index is 0.00000259. The van der Waals surface area contributed by atoms with E-state index in [1.165, 1.54) is 0 Å². The quantitative estimate of drug-likeness (QED) is 0.499. The molecule has 3 aliphatic rings. The first-order valence-corrected chi connectivity index (χ1v) is 10.1. The van der Waals surface area contributed by atoms with Gasteiger partial charge in [-0.25, -0.2) is 10.1 Å². The number of hydrogen-bond acceptors (Lipinski definition) is 8. The fraction of sp³-hybridized carbons (Fsp3) is 0.217. The van der Waals surface area contributed by atoms with Crippen LogP contribution in [0, 0.1) is 5.21 Å². The summed E-state index contributed by atoms with van der Waals surface area (Å²) in [5.74, 6) is 1.69. The largest absolute Gasteiger partial charge is 0.623 e. The minimum Gasteiger partial charge on any atom is -0.623 e. The van der Waals surface area contributed by atoms with Gasteiger partial charge in [0.1, 0.15) is 24.0 Å². The fourth-order valence-electron chi connectivity index (χ4n) is 3.91. The lowest BCUT2D eigenvalue weighted by Crippen LogP contribution is -3.01. The van der Waals surface area contributed by atoms with Crippen LogP contribution in [0.5, 0.6) is 11.5 Å². The van der Waals surface area contributed by atoms with Crippen LogP contribution in [0.4, 0.5) is 11.4 Å². The van der Waals surface area contributed by atoms with E-state index >= 15 is 0 Å². The van der Waals surface area contributed by atoms with Gasteiger partial charge in [0.25, 0.3) is 0 Å². The van der Waals surface area contributed by atoms with Gasteiger partial charge in [-0.15, -0.1) is 0 Å². The Morgan fingerprint density at radius 2 is 1.94 bits per heavy atom. The molecule has 0 aromatic heterocycles. The summed E-state index contributed by atoms with van der Waals surface area (Å²) >= 11 is 0. The summed E-state index contributed by atoms with van der Waals surface area (Å²) in [5, 5.41) is 24.6. The fourth-order valence-corrected chi connectivity index (χ4v) is 3.91. The van der Waals surface area contributed by atoms with Gasteiger partial charge in [-0.05, 0) is 30.3 Å². The van der Waals surface area contributed by atoms with Gasteiger partial charge >= 0.3 is 0 Å². The SMILES string of the molecule is COCCOc1ccc(C2=NC3C=C4C(=CC3=N2)N(O)c2ccccc2[NH+]4[O-])cc1OC.O. The molecule has 2 heterocycles. The Morgan fingerprint density at radius 1 is 1.12 bits per heavy atom. The highest BCUT2D eigenvalue weighted by atomic mass is 16.5. The zero-order valence-electron chi connectivity index (χ0n) is 18.1. The minimum atomic E-state index is -0.394. The maximum atomic E-state index is 13.0. The smallest absolute Gasteiger partial charge is 0.162 e. The molecule has 4 N–H and O–H groups in total. The first-order valence-electron chi connectivity index (χ1n) is 10.1. The molecular weight excluding hydrogens is 428 g/mol. The molecule has 2 atom stereocenters. The Morgan fingerprint density at radius 3 is 2.73 bits per heavy atom. The number of hydrogen-bond donors (Lipinski definition) is 2. The normalized spacial score (nSPS) is 20.3. The van der Waals surface area contributed by atoms with Crippen molar-refractivity contribution >= 4 is 22.9 Å². The molecule has 33 heavy (non-hydrogen) atoms. The molecule has 0 saturated carbocycles. The molecule has 0 radical (unpaired) electrons. The Labute approximate surface area is 190 Å². The number of anilines is 1. The Bertz CT molecular complexity index is 1190. The van der Waals surface area contributed by atoms with Crippen molar-refractivity contribution in [3.63, 3.8) is 0 Å². The van der Waals surface area contributed by atoms with Crippen LogP contribution in [0.25, 0.3) is 0 Å². The van der Waals surface area contributed by atoms with Crippen LogP contribution in [0.1, 0.15) is 5.56 Å². The summed E-state index contributed by atoms with van der Waals surface area (Å²) < 4.78 is 16.2. The van der Waals surface area contributed by atoms with Crippen LogP contribution in [-0.4, -0.2) is 55.7 Å². The van der Waals surface area contributed by atoms with Gasteiger partial charge in [-0.3, -0.25) is 10.2 Å². The van der Waals surface area contributed by atoms with Crippen molar-refractivity contribution in [1.82, 2.24) is 0 Å². The number of ether oxygens (including phenoxy) is 3. The van der Waals surface area contributed by atoms with Crippen LogP contribution >= 0.6 is 0 Å². The number of amidine groups is 1. The monoisotopic (exact) mass is 452 g/mol. The molecule has 2 aromatic carbocycles. The molecule has 2 aromatic rings. The van der Waals surface area contributed by atoms with Crippen LogP contribution in [0.15, 0.2) is 76.0 Å². The van der Waals surface area contributed by atoms with Gasteiger partial charge in [0, 0.05) is 24.8 Å². The molecular formula is C23H24N4O6. The maximum absolute atomic E-state index is 13.0. The van der Waals surface area contributed by atoms with Crippen molar-refractivity contribution in [2.75, 3.05) is 32.5 Å². The number of rotatable bonds is 6. The van der Waals surface area contributed by atoms with E-state index in [4.69, 9.17) is 19.2 Å². The van der Waals surface area contributed by atoms with Gasteiger partial charge < -0.3 is 30.0 Å². The van der Waals surface area contributed by atoms with Gasteiger partial charge in [0.15, 0.2) is 28.7 Å². The second-order valence-electron chi connectivity index (χ2n) is 7.41. The number of aliphatic imine (C=N–C) groups is 2. The van der Waals surface area contributed by atoms with E-state index in [0.717, 1.165) is 10.6 Å². The first kappa shape index (κ1) is 22.6. The number of fused-ring (bicyclic) bond motifs is 3. The van der Waals surface area contributed by atoms with Gasteiger partial charge in [0.2, 0.25) is 0 Å². The van der Waals surface area contributed by atoms with E-state index in [1.807, 2.05) is 12.1 Å². The molecule has 0 spiro atoms. The van der Waals surface area contributed by atoms with Crippen molar-refractivity contribution in [1.29, 1.82) is 0 Å². The number of methoxy groups -OCH3 is 2. The lowest BCUT2D eigenvalue weighted by molar-refractivity contribution is -0.729. The minimum absolute atomic E-state index is 0. The Hall–Kier alpha value is -3.54. The van der Waals surface area contributed by atoms with E-state index in [1.54, 1.807) is 56.7 Å². The zero-order chi connectivity index (χ0) is 22.2. The molecule has 10 nitrogen and oxygen atoms in total. The molecule has 0 amide bonds. The van der Waals surface area contributed by atoms with Crippen molar-refractivity contribution in [3.05, 3.63) is 76.8 Å². The van der Waals surface area contributed by atoms with Gasteiger partial charge in [-0.1, -0.05) is 12.1 Å². The Kier molecular flexibility index (Phi) is 6.27. The van der Waals surface area contributed by atoms with Crippen molar-refractivity contribution in [2.45, 2.75) is 6.04 Å². The third kappa shape index (κ3) is 3.90. The summed E-state index contributed by atoms with van der Waals surface area (Å²) in [6, 6.07) is 12.0. The maximum Gasteiger partial charge on any atom is 0.162 e. The van der Waals surface area contributed by atoms with Crippen LogP contribution in [0.3, 0.4) is 0 Å². The summed E-state index contributed by atoms with van der Waals surface area (Å²) in [6.07, 6.45) is 3.46. The summed E-state index contributed by atoms with van der Waals surface area (Å²) in [4.78, 5) is 9.34. The third-order valence-electron chi connectivity index (χ3n) is 5.50. The number of quaternary nitrogens is 1. The second kappa shape index (κ2) is 9.14. The number of nitrogens with one attached hydrogen (secondary N) is 1. The number of benzene rings is 2. The molecule has 2 aliphatic heterocycles. The standard InChI is InChI=1S/C23H22N4O5.H2O/c1-30-9-10-32-21-8-7-14(11-22(21)31-2)23-24-15-12-19-20(13-16(15)25-23)27(29)18-6-4-3-5-17(18)26(19)28;/h3-8,11-13,15,26,29H,9-10H2,1-2H3;1H2. The van der Waals surface area contributed by atoms with Crippen molar-refractivity contribution < 1.29 is 30.0 Å². The molecule has 0 fully saturated rings.